The number of ether oxygens (including phenoxy) is 1. The summed E-state index contributed by atoms with van der Waals surface area (Å²) in [7, 11) is 0. The van der Waals surface area contributed by atoms with Crippen LogP contribution in [0.5, 0.6) is 5.75 Å². The molecule has 9 heteroatoms. The maximum absolute atomic E-state index is 12.3. The lowest BCUT2D eigenvalue weighted by Gasteiger charge is -2.17. The number of aliphatic hydroxyl groups is 1. The first kappa shape index (κ1) is 21.2. The third-order valence-corrected chi connectivity index (χ3v) is 4.26. The monoisotopic (exact) mass is 417 g/mol. The highest BCUT2D eigenvalue weighted by Gasteiger charge is 2.13. The number of nitrogens with zero attached hydrogens (tertiary/aromatic N) is 1. The highest BCUT2D eigenvalue weighted by atomic mass is 35.5. The van der Waals surface area contributed by atoms with Crippen molar-refractivity contribution in [2.75, 3.05) is 6.54 Å². The number of aliphatic hydroxyl groups excluding tert-OH is 1. The molecule has 0 radical (unpaired) electrons. The van der Waals surface area contributed by atoms with Crippen molar-refractivity contribution in [3.63, 3.8) is 0 Å². The summed E-state index contributed by atoms with van der Waals surface area (Å²) in [6.07, 6.45) is -1.03. The van der Waals surface area contributed by atoms with Crippen LogP contribution in [0.25, 0.3) is 0 Å². The van der Waals surface area contributed by atoms with Crippen molar-refractivity contribution in [3.8, 4) is 5.75 Å². The molecule has 0 saturated carbocycles. The normalized spacial score (nSPS) is 14.1. The molecule has 0 aromatic heterocycles. The van der Waals surface area contributed by atoms with Crippen molar-refractivity contribution < 1.29 is 18.6 Å². The molecule has 0 fully saturated rings. The summed E-state index contributed by atoms with van der Waals surface area (Å²) in [5.74, 6) is 0.0650. The second-order valence-corrected chi connectivity index (χ2v) is 6.57. The molecule has 4 N–H and O–H groups in total. The molecule has 146 valence electrons. The van der Waals surface area contributed by atoms with E-state index in [0.29, 0.717) is 15.6 Å². The minimum Gasteiger partial charge on any atom is -0.435 e. The highest BCUT2D eigenvalue weighted by molar-refractivity contribution is 6.35. The van der Waals surface area contributed by atoms with Crippen LogP contribution in [-0.4, -0.2) is 24.2 Å². The van der Waals surface area contributed by atoms with Gasteiger partial charge < -0.3 is 20.9 Å². The molecule has 2 aromatic carbocycles. The Morgan fingerprint density at radius 3 is 2.67 bits per heavy atom. The first-order valence-electron chi connectivity index (χ1n) is 8.00. The molecular formula is C18H19Cl2F2N3O2. The Hall–Kier alpha value is -2.09. The molecular weight excluding hydrogens is 399 g/mol. The first-order valence-corrected chi connectivity index (χ1v) is 8.76. The molecule has 2 aromatic rings. The fourth-order valence-electron chi connectivity index (χ4n) is 2.39. The molecule has 27 heavy (non-hydrogen) atoms. The number of hydrogen-bond donors (Lipinski definition) is 3. The lowest BCUT2D eigenvalue weighted by molar-refractivity contribution is -0.0499. The third kappa shape index (κ3) is 6.53. The fourth-order valence-corrected chi connectivity index (χ4v) is 2.96. The van der Waals surface area contributed by atoms with Crippen molar-refractivity contribution in [2.24, 2.45) is 10.7 Å². The predicted octanol–water partition coefficient (Wildman–Crippen LogP) is 4.29. The Bertz CT molecular complexity index is 806. The minimum atomic E-state index is -2.93. The second-order valence-electron chi connectivity index (χ2n) is 5.72. The van der Waals surface area contributed by atoms with Gasteiger partial charge >= 0.3 is 6.61 Å². The number of rotatable bonds is 7. The predicted molar refractivity (Wildman–Crippen MR) is 103 cm³/mol. The van der Waals surface area contributed by atoms with E-state index < -0.39 is 12.7 Å². The van der Waals surface area contributed by atoms with E-state index in [9.17, 15) is 13.9 Å². The molecule has 0 aliphatic rings. The summed E-state index contributed by atoms with van der Waals surface area (Å²) in [6.45, 7) is -1.15. The van der Waals surface area contributed by atoms with Crippen molar-refractivity contribution >= 4 is 29.2 Å². The van der Waals surface area contributed by atoms with Crippen LogP contribution in [0.4, 0.5) is 8.78 Å². The van der Waals surface area contributed by atoms with Crippen LogP contribution >= 0.6 is 23.2 Å². The third-order valence-electron chi connectivity index (χ3n) is 3.70. The average molecular weight is 418 g/mol. The summed E-state index contributed by atoms with van der Waals surface area (Å²) in [6, 6.07) is 10.7. The quantitative estimate of drug-likeness (QED) is 0.463. The lowest BCUT2D eigenvalue weighted by atomic mass is 10.1. The molecule has 2 rings (SSSR count). The van der Waals surface area contributed by atoms with Gasteiger partial charge in [0.15, 0.2) is 5.96 Å². The zero-order chi connectivity index (χ0) is 20.0. The van der Waals surface area contributed by atoms with Crippen molar-refractivity contribution in [1.82, 2.24) is 5.32 Å². The smallest absolute Gasteiger partial charge is 0.387 e. The average Bonchev–Trinajstić information content (AvgIpc) is 2.59. The van der Waals surface area contributed by atoms with Gasteiger partial charge in [-0.1, -0.05) is 41.4 Å². The summed E-state index contributed by atoms with van der Waals surface area (Å²) < 4.78 is 28.9. The molecule has 0 spiro atoms. The van der Waals surface area contributed by atoms with Crippen molar-refractivity contribution in [3.05, 3.63) is 63.6 Å². The van der Waals surface area contributed by atoms with E-state index in [2.05, 4.69) is 15.0 Å². The molecule has 0 bridgehead atoms. The molecule has 0 saturated heterocycles. The van der Waals surface area contributed by atoms with E-state index in [0.717, 1.165) is 5.56 Å². The highest BCUT2D eigenvalue weighted by Crippen LogP contribution is 2.26. The van der Waals surface area contributed by atoms with Gasteiger partial charge in [-0.2, -0.15) is 8.78 Å². The minimum absolute atomic E-state index is 0.0392. The summed E-state index contributed by atoms with van der Waals surface area (Å²) in [5.41, 5.74) is 7.02. The largest absolute Gasteiger partial charge is 0.435 e. The van der Waals surface area contributed by atoms with Crippen LogP contribution in [0, 0.1) is 0 Å². The van der Waals surface area contributed by atoms with Crippen LogP contribution in [0.2, 0.25) is 10.0 Å². The van der Waals surface area contributed by atoms with Gasteiger partial charge in [-0.15, -0.1) is 0 Å². The van der Waals surface area contributed by atoms with E-state index in [-0.39, 0.29) is 24.3 Å². The number of benzene rings is 2. The Kier molecular flexibility index (Phi) is 7.65. The number of alkyl halides is 2. The zero-order valence-electron chi connectivity index (χ0n) is 14.4. The zero-order valence-corrected chi connectivity index (χ0v) is 15.9. The second kappa shape index (κ2) is 9.73. The molecule has 0 aliphatic carbocycles. The molecule has 2 atom stereocenters. The van der Waals surface area contributed by atoms with E-state index in [4.69, 9.17) is 28.9 Å². The summed E-state index contributed by atoms with van der Waals surface area (Å²) in [5, 5.41) is 14.2. The maximum atomic E-state index is 12.3. The Balaban J connectivity index is 1.98. The van der Waals surface area contributed by atoms with Crippen LogP contribution in [0.3, 0.4) is 0 Å². The number of hydrogen-bond acceptors (Lipinski definition) is 3. The van der Waals surface area contributed by atoms with Gasteiger partial charge in [0, 0.05) is 10.0 Å². The van der Waals surface area contributed by atoms with Crippen LogP contribution in [0.15, 0.2) is 47.5 Å². The SMILES string of the molecule is CC(NC(N)=NCC(O)c1cccc(OC(F)F)c1)c1ccc(Cl)cc1Cl. The Morgan fingerprint density at radius 1 is 1.26 bits per heavy atom. The molecule has 0 heterocycles. The molecule has 0 aliphatic heterocycles. The van der Waals surface area contributed by atoms with E-state index in [1.54, 1.807) is 24.3 Å². The van der Waals surface area contributed by atoms with E-state index >= 15 is 0 Å². The molecule has 5 nitrogen and oxygen atoms in total. The maximum Gasteiger partial charge on any atom is 0.387 e. The van der Waals surface area contributed by atoms with Crippen LogP contribution in [0.1, 0.15) is 30.2 Å². The Labute approximate surface area is 165 Å². The number of guanidine groups is 1. The fraction of sp³-hybridized carbons (Fsp3) is 0.278. The number of nitrogens with two attached hydrogens (primary N) is 1. The van der Waals surface area contributed by atoms with Gasteiger partial charge in [0.05, 0.1) is 18.7 Å². The standard InChI is InChI=1S/C18H19Cl2F2N3O2/c1-10(14-6-5-12(19)8-15(14)20)25-18(23)24-9-16(26)11-3-2-4-13(7-11)27-17(21)22/h2-8,10,16-17,26H,9H2,1H3,(H3,23,24,25). The number of aliphatic imine (C=N–C) groups is 1. The van der Waals surface area contributed by atoms with Gasteiger partial charge in [-0.25, -0.2) is 0 Å². The van der Waals surface area contributed by atoms with Crippen LogP contribution in [-0.2, 0) is 0 Å². The lowest BCUT2D eigenvalue weighted by Crippen LogP contribution is -2.34. The number of nitrogens with one attached hydrogen (secondary N) is 1. The topological polar surface area (TPSA) is 79.9 Å². The summed E-state index contributed by atoms with van der Waals surface area (Å²) in [4.78, 5) is 4.08. The number of halogens is 4. The van der Waals surface area contributed by atoms with Gasteiger partial charge in [-0.3, -0.25) is 4.99 Å². The Morgan fingerprint density at radius 2 is 2.00 bits per heavy atom. The first-order chi connectivity index (χ1) is 12.8. The summed E-state index contributed by atoms with van der Waals surface area (Å²) >= 11 is 12.0. The van der Waals surface area contributed by atoms with Crippen molar-refractivity contribution in [1.29, 1.82) is 0 Å². The van der Waals surface area contributed by atoms with Gasteiger partial charge in [0.25, 0.3) is 0 Å². The molecule has 2 unspecified atom stereocenters. The van der Waals surface area contributed by atoms with Crippen molar-refractivity contribution in [2.45, 2.75) is 25.7 Å². The molecule has 0 amide bonds. The van der Waals surface area contributed by atoms with Crippen LogP contribution < -0.4 is 15.8 Å². The van der Waals surface area contributed by atoms with Gasteiger partial charge in [0.1, 0.15) is 5.75 Å². The van der Waals surface area contributed by atoms with Gasteiger partial charge in [0.2, 0.25) is 0 Å². The van der Waals surface area contributed by atoms with E-state index in [1.165, 1.54) is 18.2 Å². The van der Waals surface area contributed by atoms with Gasteiger partial charge in [-0.05, 0) is 42.3 Å². The van der Waals surface area contributed by atoms with E-state index in [1.807, 2.05) is 6.92 Å².